The predicted molar refractivity (Wildman–Crippen MR) is 114 cm³/mol. The van der Waals surface area contributed by atoms with Crippen LogP contribution in [0.2, 0.25) is 0 Å². The molecule has 1 aliphatic heterocycles. The summed E-state index contributed by atoms with van der Waals surface area (Å²) in [5.74, 6) is 1.12. The van der Waals surface area contributed by atoms with Crippen molar-refractivity contribution in [1.29, 1.82) is 0 Å². The molecule has 2 aliphatic rings. The van der Waals surface area contributed by atoms with Crippen LogP contribution in [0.25, 0.3) is 0 Å². The third kappa shape index (κ3) is 5.39. The first-order chi connectivity index (χ1) is 13.2. The molecule has 2 fully saturated rings. The number of benzene rings is 1. The maximum atomic E-state index is 11.7. The summed E-state index contributed by atoms with van der Waals surface area (Å²) in [7, 11) is 0. The number of amides is 2. The van der Waals surface area contributed by atoms with Crippen molar-refractivity contribution in [1.82, 2.24) is 10.3 Å². The van der Waals surface area contributed by atoms with Crippen LogP contribution in [0.4, 0.5) is 4.79 Å². The molecule has 4 rings (SSSR count). The molecule has 1 aliphatic carbocycles. The Bertz CT molecular complexity index is 792. The summed E-state index contributed by atoms with van der Waals surface area (Å²) in [5.41, 5.74) is 3.91. The number of aromatic nitrogens is 1. The van der Waals surface area contributed by atoms with Crippen molar-refractivity contribution >= 4 is 63.8 Å². The topological polar surface area (TPSA) is 68.3 Å². The fourth-order valence-electron chi connectivity index (χ4n) is 3.79. The van der Waals surface area contributed by atoms with Gasteiger partial charge in [-0.25, -0.2) is 4.98 Å². The van der Waals surface area contributed by atoms with E-state index >= 15 is 0 Å². The van der Waals surface area contributed by atoms with E-state index in [1.54, 1.807) is 11.3 Å². The molecule has 144 valence electrons. The quantitative estimate of drug-likeness (QED) is 0.705. The Morgan fingerprint density at radius 2 is 1.89 bits per heavy atom. The minimum atomic E-state index is -0.339. The van der Waals surface area contributed by atoms with Crippen molar-refractivity contribution in [2.45, 2.75) is 49.9 Å². The van der Waals surface area contributed by atoms with Gasteiger partial charge in [0.25, 0.3) is 5.24 Å². The number of carbonyl (C=O) groups excluding carboxylic acids is 2. The molecule has 2 amide bonds. The average Bonchev–Trinajstić information content (AvgIpc) is 3.32. The number of thiazole rings is 1. The Balaban J connectivity index is 0.00000225. The van der Waals surface area contributed by atoms with Crippen LogP contribution < -0.4 is 10.1 Å². The molecule has 2 aromatic rings. The summed E-state index contributed by atoms with van der Waals surface area (Å²) in [6.45, 7) is 0. The van der Waals surface area contributed by atoms with Crippen molar-refractivity contribution < 1.29 is 14.3 Å². The van der Waals surface area contributed by atoms with Crippen LogP contribution in [0.3, 0.4) is 0 Å². The van der Waals surface area contributed by atoms with Crippen LogP contribution in [0.15, 0.2) is 35.2 Å². The van der Waals surface area contributed by atoms with Gasteiger partial charge in [-0.15, -0.1) is 11.3 Å². The Labute approximate surface area is 195 Å². The van der Waals surface area contributed by atoms with Gasteiger partial charge >= 0.3 is 29.6 Å². The van der Waals surface area contributed by atoms with Crippen molar-refractivity contribution in [2.24, 2.45) is 5.92 Å². The van der Waals surface area contributed by atoms with Crippen LogP contribution in [0.5, 0.6) is 5.75 Å². The van der Waals surface area contributed by atoms with E-state index in [-0.39, 0.29) is 52.1 Å². The molecule has 1 aromatic carbocycles. The standard InChI is InChI=1S/C20H22N2O3S2.Na.H/c23-19-17(27-20(24)22-19)10-13-6-8-15(9-7-13)25-18(16-11-26-12-21-16)14-4-2-1-3-5-14;;/h6-9,11-12,14,17-18H,1-5,10H2,(H,22,23,24);;. The van der Waals surface area contributed by atoms with Crippen LogP contribution >= 0.6 is 23.1 Å². The van der Waals surface area contributed by atoms with Crippen molar-refractivity contribution in [2.75, 3.05) is 0 Å². The molecular weight excluding hydrogens is 403 g/mol. The number of hydrogen-bond acceptors (Lipinski definition) is 6. The van der Waals surface area contributed by atoms with Gasteiger partial charge in [-0.05, 0) is 37.0 Å². The average molecular weight is 427 g/mol. The first-order valence-electron chi connectivity index (χ1n) is 9.34. The summed E-state index contributed by atoms with van der Waals surface area (Å²) in [6, 6.07) is 7.86. The second-order valence-electron chi connectivity index (χ2n) is 7.08. The normalized spacial score (nSPS) is 21.1. The summed E-state index contributed by atoms with van der Waals surface area (Å²) in [4.78, 5) is 27.5. The Kier molecular flexibility index (Phi) is 8.00. The molecule has 1 N–H and O–H groups in total. The van der Waals surface area contributed by atoms with Gasteiger partial charge in [-0.3, -0.25) is 14.9 Å². The summed E-state index contributed by atoms with van der Waals surface area (Å²) in [5, 5.41) is 3.82. The number of ether oxygens (including phenoxy) is 1. The molecule has 2 atom stereocenters. The molecule has 2 unspecified atom stereocenters. The summed E-state index contributed by atoms with van der Waals surface area (Å²) < 4.78 is 6.37. The molecule has 0 spiro atoms. The number of carbonyl (C=O) groups is 2. The molecule has 1 aromatic heterocycles. The number of rotatable bonds is 6. The predicted octanol–water partition coefficient (Wildman–Crippen LogP) is 4.09. The van der Waals surface area contributed by atoms with Crippen LogP contribution in [-0.4, -0.2) is 50.9 Å². The third-order valence-corrected chi connectivity index (χ3v) is 6.78. The van der Waals surface area contributed by atoms with Crippen molar-refractivity contribution in [3.63, 3.8) is 0 Å². The van der Waals surface area contributed by atoms with Crippen molar-refractivity contribution in [3.05, 3.63) is 46.4 Å². The molecule has 5 nitrogen and oxygen atoms in total. The van der Waals surface area contributed by atoms with E-state index in [0.29, 0.717) is 12.3 Å². The number of imide groups is 1. The van der Waals surface area contributed by atoms with Gasteiger partial charge in [0.1, 0.15) is 11.9 Å². The molecule has 0 radical (unpaired) electrons. The van der Waals surface area contributed by atoms with Crippen LogP contribution in [0.1, 0.15) is 49.5 Å². The van der Waals surface area contributed by atoms with Gasteiger partial charge < -0.3 is 4.74 Å². The van der Waals surface area contributed by atoms with E-state index in [4.69, 9.17) is 4.74 Å². The van der Waals surface area contributed by atoms with E-state index in [2.05, 4.69) is 15.7 Å². The molecule has 1 saturated carbocycles. The zero-order chi connectivity index (χ0) is 18.6. The van der Waals surface area contributed by atoms with Gasteiger partial charge in [-0.2, -0.15) is 0 Å². The summed E-state index contributed by atoms with van der Waals surface area (Å²) in [6.07, 6.45) is 6.73. The second kappa shape index (κ2) is 10.3. The monoisotopic (exact) mass is 426 g/mol. The first-order valence-corrected chi connectivity index (χ1v) is 11.2. The van der Waals surface area contributed by atoms with Gasteiger partial charge in [0.05, 0.1) is 16.5 Å². The molecule has 2 heterocycles. The van der Waals surface area contributed by atoms with Crippen LogP contribution in [-0.2, 0) is 11.2 Å². The number of nitrogens with one attached hydrogen (secondary N) is 1. The minimum absolute atomic E-state index is 0. The number of hydrogen-bond donors (Lipinski definition) is 1. The fraction of sp³-hybridized carbons (Fsp3) is 0.450. The van der Waals surface area contributed by atoms with Gasteiger partial charge in [0, 0.05) is 11.3 Å². The summed E-state index contributed by atoms with van der Waals surface area (Å²) >= 11 is 2.67. The van der Waals surface area contributed by atoms with E-state index in [1.165, 1.54) is 32.1 Å². The molecule has 8 heteroatoms. The zero-order valence-corrected chi connectivity index (χ0v) is 16.6. The third-order valence-electron chi connectivity index (χ3n) is 5.20. The maximum absolute atomic E-state index is 11.7. The second-order valence-corrected chi connectivity index (χ2v) is 8.98. The number of nitrogens with zero attached hydrogens (tertiary/aromatic N) is 1. The van der Waals surface area contributed by atoms with Gasteiger partial charge in [0.15, 0.2) is 0 Å². The van der Waals surface area contributed by atoms with Crippen LogP contribution in [0, 0.1) is 5.92 Å². The first kappa shape index (κ1) is 21.8. The fourth-order valence-corrected chi connectivity index (χ4v) is 5.23. The van der Waals surface area contributed by atoms with E-state index in [0.717, 1.165) is 28.8 Å². The molecule has 28 heavy (non-hydrogen) atoms. The number of thioether (sulfide) groups is 1. The molecule has 0 bridgehead atoms. The van der Waals surface area contributed by atoms with Gasteiger partial charge in [0.2, 0.25) is 5.91 Å². The Morgan fingerprint density at radius 1 is 1.14 bits per heavy atom. The van der Waals surface area contributed by atoms with E-state index in [1.807, 2.05) is 29.8 Å². The SMILES string of the molecule is O=C1NC(=O)C(Cc2ccc(OC(c3cscn3)C3CCCCC3)cc2)S1.[NaH]. The van der Waals surface area contributed by atoms with Gasteiger partial charge in [-0.1, -0.05) is 43.2 Å². The van der Waals surface area contributed by atoms with E-state index < -0.39 is 0 Å². The Hall–Kier alpha value is -0.860. The Morgan fingerprint density at radius 3 is 2.50 bits per heavy atom. The zero-order valence-electron chi connectivity index (χ0n) is 14.9. The van der Waals surface area contributed by atoms with E-state index in [9.17, 15) is 9.59 Å². The molecule has 1 saturated heterocycles. The van der Waals surface area contributed by atoms with Crippen molar-refractivity contribution in [3.8, 4) is 5.75 Å². The molecular formula is C20H23N2NaO3S2.